The summed E-state index contributed by atoms with van der Waals surface area (Å²) in [5, 5.41) is 6.39. The molecule has 0 unspecified atom stereocenters. The van der Waals surface area contributed by atoms with Crippen molar-refractivity contribution in [1.29, 1.82) is 0 Å². The van der Waals surface area contributed by atoms with Crippen LogP contribution in [0.25, 0.3) is 0 Å². The van der Waals surface area contributed by atoms with Gasteiger partial charge in [-0.2, -0.15) is 0 Å². The lowest BCUT2D eigenvalue weighted by atomic mass is 10.2. The van der Waals surface area contributed by atoms with Gasteiger partial charge in [0, 0.05) is 24.2 Å². The highest BCUT2D eigenvalue weighted by molar-refractivity contribution is 5.59. The Balaban J connectivity index is 2.26. The van der Waals surface area contributed by atoms with E-state index in [0.29, 0.717) is 11.5 Å². The van der Waals surface area contributed by atoms with Crippen LogP contribution in [0.4, 0.5) is 21.7 Å². The van der Waals surface area contributed by atoms with E-state index >= 15 is 0 Å². The minimum atomic E-state index is -0.275. The summed E-state index contributed by atoms with van der Waals surface area (Å²) in [5.41, 5.74) is 0.671. The molecule has 0 atom stereocenters. The van der Waals surface area contributed by atoms with Crippen molar-refractivity contribution in [1.82, 2.24) is 9.97 Å². The van der Waals surface area contributed by atoms with Crippen LogP contribution in [-0.4, -0.2) is 16.5 Å². The summed E-state index contributed by atoms with van der Waals surface area (Å²) in [6, 6.07) is 8.17. The lowest BCUT2D eigenvalue weighted by Crippen LogP contribution is -2.08. The maximum Gasteiger partial charge on any atom is 0.136 e. The van der Waals surface area contributed by atoms with E-state index in [1.807, 2.05) is 19.9 Å². The van der Waals surface area contributed by atoms with E-state index in [-0.39, 0.29) is 11.7 Å². The van der Waals surface area contributed by atoms with E-state index in [4.69, 9.17) is 0 Å². The Hall–Kier alpha value is -2.17. The molecule has 0 spiro atoms. The summed E-state index contributed by atoms with van der Waals surface area (Å²) in [7, 11) is 0. The minimum absolute atomic E-state index is 0.224. The maximum atomic E-state index is 13.2. The molecule has 5 heteroatoms. The Morgan fingerprint density at radius 3 is 2.57 bits per heavy atom. The number of nitrogens with one attached hydrogen (secondary N) is 2. The predicted octanol–water partition coefficient (Wildman–Crippen LogP) is 4.30. The minimum Gasteiger partial charge on any atom is -0.370 e. The molecule has 2 N–H and O–H groups in total. The Bertz CT molecular complexity index is 599. The van der Waals surface area contributed by atoms with Gasteiger partial charge in [-0.15, -0.1) is 0 Å². The number of anilines is 3. The number of rotatable bonds is 6. The van der Waals surface area contributed by atoms with Gasteiger partial charge in [0.05, 0.1) is 0 Å². The highest BCUT2D eigenvalue weighted by atomic mass is 19.1. The van der Waals surface area contributed by atoms with E-state index in [2.05, 4.69) is 27.5 Å². The molecule has 0 bridgehead atoms. The van der Waals surface area contributed by atoms with Gasteiger partial charge in [-0.3, -0.25) is 0 Å². The zero-order valence-electron chi connectivity index (χ0n) is 12.7. The van der Waals surface area contributed by atoms with Gasteiger partial charge >= 0.3 is 0 Å². The van der Waals surface area contributed by atoms with Crippen molar-refractivity contribution in [3.63, 3.8) is 0 Å². The monoisotopic (exact) mass is 288 g/mol. The fourth-order valence-corrected chi connectivity index (χ4v) is 1.85. The lowest BCUT2D eigenvalue weighted by Gasteiger charge is -2.12. The molecule has 0 radical (unpaired) electrons. The van der Waals surface area contributed by atoms with E-state index in [9.17, 15) is 4.39 Å². The van der Waals surface area contributed by atoms with Crippen LogP contribution in [0.3, 0.4) is 0 Å². The number of halogens is 1. The second-order valence-electron chi connectivity index (χ2n) is 5.21. The average Bonchev–Trinajstić information content (AvgIpc) is 2.45. The largest absolute Gasteiger partial charge is 0.370 e. The van der Waals surface area contributed by atoms with Crippen molar-refractivity contribution >= 4 is 17.3 Å². The molecule has 112 valence electrons. The van der Waals surface area contributed by atoms with Crippen molar-refractivity contribution in [3.05, 3.63) is 42.0 Å². The third-order valence-electron chi connectivity index (χ3n) is 2.91. The smallest absolute Gasteiger partial charge is 0.136 e. The number of hydrogen-bond acceptors (Lipinski definition) is 4. The molecule has 0 amide bonds. The summed E-state index contributed by atoms with van der Waals surface area (Å²) >= 11 is 0. The van der Waals surface area contributed by atoms with Crippen LogP contribution in [0.1, 0.15) is 38.9 Å². The number of nitrogens with zero attached hydrogens (tertiary/aromatic N) is 2. The van der Waals surface area contributed by atoms with Gasteiger partial charge < -0.3 is 10.6 Å². The molecule has 0 saturated carbocycles. The van der Waals surface area contributed by atoms with Gasteiger partial charge in [0.25, 0.3) is 0 Å². The van der Waals surface area contributed by atoms with Crippen LogP contribution in [-0.2, 0) is 0 Å². The molecule has 1 heterocycles. The topological polar surface area (TPSA) is 49.8 Å². The Morgan fingerprint density at radius 1 is 1.14 bits per heavy atom. The van der Waals surface area contributed by atoms with Gasteiger partial charge in [0.15, 0.2) is 0 Å². The van der Waals surface area contributed by atoms with E-state index in [1.54, 1.807) is 12.1 Å². The quantitative estimate of drug-likeness (QED) is 0.832. The third kappa shape index (κ3) is 4.41. The Morgan fingerprint density at radius 2 is 1.90 bits per heavy atom. The number of hydrogen-bond donors (Lipinski definition) is 2. The molecule has 0 fully saturated rings. The molecule has 2 rings (SSSR count). The maximum absolute atomic E-state index is 13.2. The fourth-order valence-electron chi connectivity index (χ4n) is 1.85. The zero-order valence-corrected chi connectivity index (χ0v) is 12.7. The molecular formula is C16H21FN4. The van der Waals surface area contributed by atoms with Crippen molar-refractivity contribution in [2.24, 2.45) is 0 Å². The van der Waals surface area contributed by atoms with Gasteiger partial charge in [-0.05, 0) is 24.6 Å². The highest BCUT2D eigenvalue weighted by Gasteiger charge is 2.08. The first-order chi connectivity index (χ1) is 10.1. The van der Waals surface area contributed by atoms with Crippen molar-refractivity contribution < 1.29 is 4.39 Å². The number of benzene rings is 1. The first-order valence-corrected chi connectivity index (χ1v) is 7.24. The normalized spacial score (nSPS) is 10.7. The second-order valence-corrected chi connectivity index (χ2v) is 5.21. The molecule has 1 aromatic carbocycles. The summed E-state index contributed by atoms with van der Waals surface area (Å²) in [6.45, 7) is 7.05. The zero-order chi connectivity index (χ0) is 15.2. The molecule has 0 saturated heterocycles. The molecule has 4 nitrogen and oxygen atoms in total. The van der Waals surface area contributed by atoms with E-state index in [0.717, 1.165) is 24.6 Å². The van der Waals surface area contributed by atoms with Crippen LogP contribution in [0.2, 0.25) is 0 Å². The van der Waals surface area contributed by atoms with Crippen molar-refractivity contribution in [2.45, 2.75) is 33.1 Å². The SMILES string of the molecule is CCCNc1cc(Nc2cccc(F)c2)nc(C(C)C)n1. The summed E-state index contributed by atoms with van der Waals surface area (Å²) in [6.07, 6.45) is 1.02. The molecule has 0 aliphatic carbocycles. The third-order valence-corrected chi connectivity index (χ3v) is 2.91. The van der Waals surface area contributed by atoms with Gasteiger partial charge in [-0.25, -0.2) is 14.4 Å². The van der Waals surface area contributed by atoms with Crippen molar-refractivity contribution in [2.75, 3.05) is 17.2 Å². The van der Waals surface area contributed by atoms with E-state index < -0.39 is 0 Å². The molecular weight excluding hydrogens is 267 g/mol. The first-order valence-electron chi connectivity index (χ1n) is 7.24. The highest BCUT2D eigenvalue weighted by Crippen LogP contribution is 2.21. The molecule has 21 heavy (non-hydrogen) atoms. The van der Waals surface area contributed by atoms with E-state index in [1.165, 1.54) is 12.1 Å². The van der Waals surface area contributed by atoms with Gasteiger partial charge in [0.2, 0.25) is 0 Å². The van der Waals surface area contributed by atoms with Crippen molar-refractivity contribution in [3.8, 4) is 0 Å². The molecule has 0 aliphatic rings. The lowest BCUT2D eigenvalue weighted by molar-refractivity contribution is 0.628. The van der Waals surface area contributed by atoms with Gasteiger partial charge in [0.1, 0.15) is 23.3 Å². The van der Waals surface area contributed by atoms with Gasteiger partial charge in [-0.1, -0.05) is 26.8 Å². The predicted molar refractivity (Wildman–Crippen MR) is 84.6 cm³/mol. The van der Waals surface area contributed by atoms with Crippen LogP contribution < -0.4 is 10.6 Å². The second kappa shape index (κ2) is 7.02. The summed E-state index contributed by atoms with van der Waals surface area (Å²) < 4.78 is 13.2. The molecule has 0 aliphatic heterocycles. The Labute approximate surface area is 124 Å². The molecule has 1 aromatic heterocycles. The van der Waals surface area contributed by atoms with Crippen LogP contribution >= 0.6 is 0 Å². The summed E-state index contributed by atoms with van der Waals surface area (Å²) in [5.74, 6) is 2.16. The fraction of sp³-hybridized carbons (Fsp3) is 0.375. The molecule has 2 aromatic rings. The first kappa shape index (κ1) is 15.2. The summed E-state index contributed by atoms with van der Waals surface area (Å²) in [4.78, 5) is 8.97. The van der Waals surface area contributed by atoms with Crippen LogP contribution in [0, 0.1) is 5.82 Å². The number of aromatic nitrogens is 2. The van der Waals surface area contributed by atoms with Crippen LogP contribution in [0.15, 0.2) is 30.3 Å². The Kier molecular flexibility index (Phi) is 5.09. The standard InChI is InChI=1S/C16H21FN4/c1-4-8-18-14-10-15(21-16(20-14)11(2)3)19-13-7-5-6-12(17)9-13/h5-7,9-11H,4,8H2,1-3H3,(H2,18,19,20,21). The average molecular weight is 288 g/mol. The van der Waals surface area contributed by atoms with Crippen LogP contribution in [0.5, 0.6) is 0 Å².